The maximum Gasteiger partial charge on any atom is 0.408 e. The molecule has 0 aromatic carbocycles. The highest BCUT2D eigenvalue weighted by Crippen LogP contribution is 2.45. The fraction of sp³-hybridized carbons (Fsp3) is 0.778. The van der Waals surface area contributed by atoms with E-state index in [2.05, 4.69) is 20.1 Å². The Morgan fingerprint density at radius 1 is 1.15 bits per heavy atom. The number of nitrogens with one attached hydrogen (secondary N) is 4. The maximum atomic E-state index is 13.6. The van der Waals surface area contributed by atoms with Crippen molar-refractivity contribution in [1.29, 1.82) is 0 Å². The SMILES string of the molecule is CC(C)CNS(=O)(=O)NC(=O)[C@@]12C[C@@H]1/C=C\CCCCC[C@H](NC(=O)OC(C)(C)C)C(=O)N1CCC[C@H]1C(=O)N2. The van der Waals surface area contributed by atoms with Crippen molar-refractivity contribution < 1.29 is 32.3 Å². The minimum absolute atomic E-state index is 0.0408. The predicted molar refractivity (Wildman–Crippen MR) is 149 cm³/mol. The molecule has 3 rings (SSSR count). The highest BCUT2D eigenvalue weighted by atomic mass is 32.2. The molecule has 4 amide bonds. The summed E-state index contributed by atoms with van der Waals surface area (Å²) in [6.07, 6.45) is 7.82. The quantitative estimate of drug-likeness (QED) is 0.347. The van der Waals surface area contributed by atoms with Crippen LogP contribution in [0.4, 0.5) is 4.79 Å². The molecule has 1 aliphatic carbocycles. The van der Waals surface area contributed by atoms with Gasteiger partial charge in [0.2, 0.25) is 11.8 Å². The van der Waals surface area contributed by atoms with Crippen molar-refractivity contribution in [2.75, 3.05) is 13.1 Å². The van der Waals surface area contributed by atoms with Gasteiger partial charge in [-0.25, -0.2) is 9.52 Å². The Bertz CT molecular complexity index is 1100. The fourth-order valence-electron chi connectivity index (χ4n) is 5.07. The van der Waals surface area contributed by atoms with Crippen LogP contribution in [0, 0.1) is 11.8 Å². The molecule has 3 aliphatic rings. The summed E-state index contributed by atoms with van der Waals surface area (Å²) in [6, 6.07) is -1.70. The third-order valence-electron chi connectivity index (χ3n) is 7.23. The molecule has 0 radical (unpaired) electrons. The van der Waals surface area contributed by atoms with Crippen LogP contribution in [-0.2, 0) is 29.3 Å². The van der Waals surface area contributed by atoms with E-state index in [1.165, 1.54) is 4.90 Å². The van der Waals surface area contributed by atoms with Crippen LogP contribution in [0.15, 0.2) is 12.2 Å². The number of rotatable bonds is 6. The van der Waals surface area contributed by atoms with Gasteiger partial charge in [-0.15, -0.1) is 0 Å². The van der Waals surface area contributed by atoms with Gasteiger partial charge < -0.3 is 20.3 Å². The Balaban J connectivity index is 1.81. The van der Waals surface area contributed by atoms with E-state index in [0.29, 0.717) is 32.2 Å². The molecule has 2 heterocycles. The number of nitrogens with zero attached hydrogens (tertiary/aromatic N) is 1. The number of alkyl carbamates (subject to hydrolysis) is 1. The zero-order chi connectivity index (χ0) is 29.7. The molecule has 0 aromatic heterocycles. The van der Waals surface area contributed by atoms with Crippen LogP contribution < -0.4 is 20.1 Å². The van der Waals surface area contributed by atoms with Crippen LogP contribution in [0.3, 0.4) is 0 Å². The van der Waals surface area contributed by atoms with Crippen LogP contribution in [-0.4, -0.2) is 73.4 Å². The summed E-state index contributed by atoms with van der Waals surface area (Å²) in [7, 11) is -4.12. The Hall–Kier alpha value is -2.67. The topological polar surface area (TPSA) is 163 Å². The van der Waals surface area contributed by atoms with Crippen LogP contribution in [0.1, 0.15) is 86.0 Å². The molecule has 13 heteroatoms. The second-order valence-electron chi connectivity index (χ2n) is 12.4. The number of amides is 4. The molecule has 0 aromatic rings. The van der Waals surface area contributed by atoms with Gasteiger partial charge in [0.05, 0.1) is 0 Å². The molecule has 4 N–H and O–H groups in total. The molecule has 2 aliphatic heterocycles. The zero-order valence-electron chi connectivity index (χ0n) is 24.2. The molecule has 0 spiro atoms. The van der Waals surface area contributed by atoms with Gasteiger partial charge in [0.15, 0.2) is 0 Å². The summed E-state index contributed by atoms with van der Waals surface area (Å²) in [5.74, 6) is -2.03. The smallest absolute Gasteiger partial charge is 0.408 e. The highest BCUT2D eigenvalue weighted by molar-refractivity contribution is 7.88. The van der Waals surface area contributed by atoms with E-state index in [4.69, 9.17) is 4.74 Å². The molecule has 1 saturated heterocycles. The van der Waals surface area contributed by atoms with E-state index in [1.54, 1.807) is 20.8 Å². The Labute approximate surface area is 237 Å². The molecular formula is C27H45N5O7S. The molecule has 4 atom stereocenters. The second-order valence-corrected chi connectivity index (χ2v) is 13.9. The Morgan fingerprint density at radius 2 is 1.88 bits per heavy atom. The standard InChI is InChI=1S/C27H45N5O7S/c1-18(2)17-28-40(37,38)31-24(35)27-16-19(27)12-9-7-6-8-10-13-20(29-25(36)39-26(3,4)5)23(34)32-15-11-14-21(32)22(33)30-27/h9,12,18-21,28H,6-8,10-11,13-17H2,1-5H3,(H,29,36)(H,30,33)(H,31,35)/b12-9-/t19-,20-,21-,27+/m0/s1. The predicted octanol–water partition coefficient (Wildman–Crippen LogP) is 1.87. The summed E-state index contributed by atoms with van der Waals surface area (Å²) in [5.41, 5.74) is -2.16. The summed E-state index contributed by atoms with van der Waals surface area (Å²) in [5, 5.41) is 5.50. The van der Waals surface area contributed by atoms with E-state index >= 15 is 0 Å². The lowest BCUT2D eigenvalue weighted by Crippen LogP contribution is -2.59. The molecule has 0 unspecified atom stereocenters. The average Bonchev–Trinajstić information content (AvgIpc) is 3.29. The van der Waals surface area contributed by atoms with Gasteiger partial charge in [-0.3, -0.25) is 14.4 Å². The Morgan fingerprint density at radius 3 is 2.55 bits per heavy atom. The van der Waals surface area contributed by atoms with Crippen molar-refractivity contribution >= 4 is 34.0 Å². The van der Waals surface area contributed by atoms with Gasteiger partial charge in [-0.1, -0.05) is 38.8 Å². The number of hydrogen-bond donors (Lipinski definition) is 4. The first-order valence-electron chi connectivity index (χ1n) is 14.2. The third-order valence-corrected chi connectivity index (χ3v) is 8.24. The number of carbonyl (C=O) groups excluding carboxylic acids is 4. The van der Waals surface area contributed by atoms with E-state index in [-0.39, 0.29) is 30.7 Å². The summed E-state index contributed by atoms with van der Waals surface area (Å²) in [6.45, 7) is 9.38. The fourth-order valence-corrected chi connectivity index (χ4v) is 6.12. The lowest BCUT2D eigenvalue weighted by atomic mass is 10.0. The van der Waals surface area contributed by atoms with E-state index in [1.807, 2.05) is 26.0 Å². The number of allylic oxidation sites excluding steroid dienone is 1. The van der Waals surface area contributed by atoms with Crippen molar-refractivity contribution in [2.45, 2.75) is 109 Å². The van der Waals surface area contributed by atoms with Gasteiger partial charge in [-0.05, 0) is 65.2 Å². The van der Waals surface area contributed by atoms with Crippen molar-refractivity contribution in [2.24, 2.45) is 11.8 Å². The summed E-state index contributed by atoms with van der Waals surface area (Å²) < 4.78 is 34.8. The van der Waals surface area contributed by atoms with Crippen LogP contribution in [0.5, 0.6) is 0 Å². The molecule has 1 saturated carbocycles. The van der Waals surface area contributed by atoms with Crippen molar-refractivity contribution in [1.82, 2.24) is 25.0 Å². The number of ether oxygens (including phenoxy) is 1. The Kier molecular flexibility index (Phi) is 10.3. The summed E-state index contributed by atoms with van der Waals surface area (Å²) >= 11 is 0. The maximum absolute atomic E-state index is 13.6. The first kappa shape index (κ1) is 31.9. The third kappa shape index (κ3) is 8.66. The van der Waals surface area contributed by atoms with Crippen molar-refractivity contribution in [3.8, 4) is 0 Å². The molecule has 226 valence electrons. The van der Waals surface area contributed by atoms with Crippen molar-refractivity contribution in [3.05, 3.63) is 12.2 Å². The molecular weight excluding hydrogens is 538 g/mol. The van der Waals surface area contributed by atoms with Gasteiger partial charge in [0, 0.05) is 19.0 Å². The normalized spacial score (nSPS) is 28.9. The largest absolute Gasteiger partial charge is 0.444 e. The molecule has 2 fully saturated rings. The molecule has 0 bridgehead atoms. The number of fused-ring (bicyclic) bond motifs is 2. The molecule has 40 heavy (non-hydrogen) atoms. The van der Waals surface area contributed by atoms with Gasteiger partial charge in [0.1, 0.15) is 23.2 Å². The first-order valence-corrected chi connectivity index (χ1v) is 15.7. The molecule has 12 nitrogen and oxygen atoms in total. The average molecular weight is 584 g/mol. The number of carbonyl (C=O) groups is 4. The van der Waals surface area contributed by atoms with Crippen LogP contribution >= 0.6 is 0 Å². The van der Waals surface area contributed by atoms with Gasteiger partial charge >= 0.3 is 16.3 Å². The van der Waals surface area contributed by atoms with E-state index < -0.39 is 51.3 Å². The monoisotopic (exact) mass is 583 g/mol. The van der Waals surface area contributed by atoms with Crippen molar-refractivity contribution in [3.63, 3.8) is 0 Å². The lowest BCUT2D eigenvalue weighted by molar-refractivity contribution is -0.141. The van der Waals surface area contributed by atoms with E-state index in [0.717, 1.165) is 19.3 Å². The second kappa shape index (κ2) is 12.9. The van der Waals surface area contributed by atoms with Crippen LogP contribution in [0.25, 0.3) is 0 Å². The lowest BCUT2D eigenvalue weighted by Gasteiger charge is -2.30. The van der Waals surface area contributed by atoms with Gasteiger partial charge in [0.25, 0.3) is 5.91 Å². The highest BCUT2D eigenvalue weighted by Gasteiger charge is 2.61. The van der Waals surface area contributed by atoms with Gasteiger partial charge in [-0.2, -0.15) is 13.1 Å². The minimum atomic E-state index is -4.12. The zero-order valence-corrected chi connectivity index (χ0v) is 25.1. The van der Waals surface area contributed by atoms with E-state index in [9.17, 15) is 27.6 Å². The number of hydrogen-bond acceptors (Lipinski definition) is 7. The van der Waals surface area contributed by atoms with Crippen LogP contribution in [0.2, 0.25) is 0 Å². The summed E-state index contributed by atoms with van der Waals surface area (Å²) in [4.78, 5) is 54.4. The minimum Gasteiger partial charge on any atom is -0.444 e. The first-order chi connectivity index (χ1) is 18.6.